The summed E-state index contributed by atoms with van der Waals surface area (Å²) in [5.41, 5.74) is 3.20. The van der Waals surface area contributed by atoms with Gasteiger partial charge in [0.2, 0.25) is 5.56 Å². The molecule has 0 radical (unpaired) electrons. The summed E-state index contributed by atoms with van der Waals surface area (Å²) in [4.78, 5) is 20.9. The number of halogens is 3. The van der Waals surface area contributed by atoms with E-state index in [1.54, 1.807) is 39.2 Å². The lowest BCUT2D eigenvalue weighted by Gasteiger charge is -2.19. The number of aromatic nitrogens is 3. The summed E-state index contributed by atoms with van der Waals surface area (Å²) in [7, 11) is 1.69. The highest BCUT2D eigenvalue weighted by atomic mass is 19.4. The maximum absolute atomic E-state index is 13.2. The normalized spacial score (nSPS) is 12.7. The van der Waals surface area contributed by atoms with Gasteiger partial charge in [0.25, 0.3) is 0 Å². The lowest BCUT2D eigenvalue weighted by atomic mass is 9.99. The van der Waals surface area contributed by atoms with E-state index in [9.17, 15) is 18.0 Å². The van der Waals surface area contributed by atoms with Crippen LogP contribution in [0.25, 0.3) is 22.0 Å². The third kappa shape index (κ3) is 4.60. The second-order valence-electron chi connectivity index (χ2n) is 8.16. The maximum atomic E-state index is 13.2. The Morgan fingerprint density at radius 1 is 1.03 bits per heavy atom. The lowest BCUT2D eigenvalue weighted by Crippen LogP contribution is -2.14. The Kier molecular flexibility index (Phi) is 5.69. The zero-order valence-electron chi connectivity index (χ0n) is 18.7. The van der Waals surface area contributed by atoms with Gasteiger partial charge in [-0.2, -0.15) is 13.2 Å². The molecule has 170 valence electrons. The van der Waals surface area contributed by atoms with Crippen molar-refractivity contribution < 1.29 is 13.2 Å². The standard InChI is InChI=1S/C25H23F3N4O/c1-14-10-22-21(12-20(14)18-8-9-23(33)32(4)13-18)24(31-16(3)30-22)29-15(2)17-6-5-7-19(11-17)25(26,27)28/h5-13,15H,1-4H3,(H,29,30,31)/t15-/m1/s1. The molecular weight excluding hydrogens is 429 g/mol. The Morgan fingerprint density at radius 2 is 1.79 bits per heavy atom. The highest BCUT2D eigenvalue weighted by Crippen LogP contribution is 2.34. The van der Waals surface area contributed by atoms with Gasteiger partial charge in [0.15, 0.2) is 0 Å². The van der Waals surface area contributed by atoms with Gasteiger partial charge in [-0.15, -0.1) is 0 Å². The van der Waals surface area contributed by atoms with Crippen molar-refractivity contribution in [2.45, 2.75) is 33.0 Å². The van der Waals surface area contributed by atoms with Gasteiger partial charge in [0, 0.05) is 30.7 Å². The Hall–Kier alpha value is -3.68. The highest BCUT2D eigenvalue weighted by molar-refractivity contribution is 5.94. The van der Waals surface area contributed by atoms with Crippen LogP contribution in [0.2, 0.25) is 0 Å². The first-order chi connectivity index (χ1) is 15.5. The second kappa shape index (κ2) is 8.35. The van der Waals surface area contributed by atoms with Crippen LogP contribution in [0.5, 0.6) is 0 Å². The van der Waals surface area contributed by atoms with E-state index in [1.165, 1.54) is 16.7 Å². The first kappa shape index (κ1) is 22.5. The Balaban J connectivity index is 1.79. The number of alkyl halides is 3. The minimum Gasteiger partial charge on any atom is -0.363 e. The van der Waals surface area contributed by atoms with Crippen LogP contribution in [0.4, 0.5) is 19.0 Å². The van der Waals surface area contributed by atoms with Gasteiger partial charge in [-0.3, -0.25) is 4.79 Å². The van der Waals surface area contributed by atoms with Gasteiger partial charge < -0.3 is 9.88 Å². The van der Waals surface area contributed by atoms with E-state index in [-0.39, 0.29) is 5.56 Å². The first-order valence-corrected chi connectivity index (χ1v) is 10.4. The van der Waals surface area contributed by atoms with Crippen LogP contribution in [0.3, 0.4) is 0 Å². The van der Waals surface area contributed by atoms with Crippen LogP contribution in [0.1, 0.15) is 35.5 Å². The van der Waals surface area contributed by atoms with Crippen LogP contribution in [-0.4, -0.2) is 14.5 Å². The monoisotopic (exact) mass is 452 g/mol. The van der Waals surface area contributed by atoms with E-state index in [1.807, 2.05) is 19.1 Å². The fourth-order valence-electron chi connectivity index (χ4n) is 3.84. The van der Waals surface area contributed by atoms with Crippen molar-refractivity contribution in [3.05, 3.63) is 87.6 Å². The molecule has 8 heteroatoms. The van der Waals surface area contributed by atoms with Gasteiger partial charge in [-0.1, -0.05) is 12.1 Å². The number of hydrogen-bond acceptors (Lipinski definition) is 4. The van der Waals surface area contributed by atoms with Crippen LogP contribution in [0.15, 0.2) is 59.5 Å². The predicted molar refractivity (Wildman–Crippen MR) is 123 cm³/mol. The fraction of sp³-hybridized carbons (Fsp3) is 0.240. The Bertz CT molecular complexity index is 1410. The molecule has 2 aromatic carbocycles. The molecule has 1 N–H and O–H groups in total. The first-order valence-electron chi connectivity index (χ1n) is 10.4. The van der Waals surface area contributed by atoms with Crippen molar-refractivity contribution in [1.29, 1.82) is 0 Å². The Morgan fingerprint density at radius 3 is 2.48 bits per heavy atom. The van der Waals surface area contributed by atoms with Crippen molar-refractivity contribution in [3.8, 4) is 11.1 Å². The molecule has 0 amide bonds. The molecule has 2 aromatic heterocycles. The van der Waals surface area contributed by atoms with E-state index in [0.717, 1.165) is 39.7 Å². The van der Waals surface area contributed by atoms with Gasteiger partial charge in [0.05, 0.1) is 11.1 Å². The topological polar surface area (TPSA) is 59.8 Å². The molecule has 0 unspecified atom stereocenters. The van der Waals surface area contributed by atoms with Crippen LogP contribution in [-0.2, 0) is 13.2 Å². The third-order valence-electron chi connectivity index (χ3n) is 5.62. The van der Waals surface area contributed by atoms with E-state index >= 15 is 0 Å². The third-order valence-corrected chi connectivity index (χ3v) is 5.62. The van der Waals surface area contributed by atoms with Gasteiger partial charge >= 0.3 is 6.18 Å². The van der Waals surface area contributed by atoms with E-state index in [0.29, 0.717) is 17.2 Å². The van der Waals surface area contributed by atoms with Crippen LogP contribution < -0.4 is 10.9 Å². The van der Waals surface area contributed by atoms with E-state index < -0.39 is 17.8 Å². The number of benzene rings is 2. The number of nitrogens with one attached hydrogen (secondary N) is 1. The predicted octanol–water partition coefficient (Wildman–Crippen LogP) is 5.80. The summed E-state index contributed by atoms with van der Waals surface area (Å²) >= 11 is 0. The average Bonchev–Trinajstić information content (AvgIpc) is 2.74. The Labute approximate surface area is 188 Å². The minimum atomic E-state index is -4.41. The average molecular weight is 452 g/mol. The van der Waals surface area contributed by atoms with Gasteiger partial charge in [0.1, 0.15) is 11.6 Å². The number of anilines is 1. The van der Waals surface area contributed by atoms with Crippen LogP contribution in [0, 0.1) is 13.8 Å². The molecule has 0 aliphatic heterocycles. The molecule has 4 rings (SSSR count). The molecule has 1 atom stereocenters. The quantitative estimate of drug-likeness (QED) is 0.425. The van der Waals surface area contributed by atoms with Crippen molar-refractivity contribution in [1.82, 2.24) is 14.5 Å². The summed E-state index contributed by atoms with van der Waals surface area (Å²) in [5, 5.41) is 4.01. The smallest absolute Gasteiger partial charge is 0.363 e. The molecule has 2 heterocycles. The molecule has 0 aliphatic carbocycles. The molecule has 4 aromatic rings. The van der Waals surface area contributed by atoms with Gasteiger partial charge in [-0.25, -0.2) is 9.97 Å². The number of fused-ring (bicyclic) bond motifs is 1. The number of pyridine rings is 1. The van der Waals surface area contributed by atoms with Crippen LogP contribution >= 0.6 is 0 Å². The molecule has 0 spiro atoms. The largest absolute Gasteiger partial charge is 0.416 e. The van der Waals surface area contributed by atoms with Crippen molar-refractivity contribution in [2.75, 3.05) is 5.32 Å². The van der Waals surface area contributed by atoms with E-state index in [4.69, 9.17) is 0 Å². The number of rotatable bonds is 4. The number of hydrogen-bond donors (Lipinski definition) is 1. The second-order valence-corrected chi connectivity index (χ2v) is 8.16. The SMILES string of the molecule is Cc1nc(N[C@H](C)c2cccc(C(F)(F)F)c2)c2cc(-c3ccc(=O)n(C)c3)c(C)cc2n1. The number of aryl methyl sites for hydroxylation is 3. The highest BCUT2D eigenvalue weighted by Gasteiger charge is 2.30. The summed E-state index contributed by atoms with van der Waals surface area (Å²) < 4.78 is 41.0. The molecule has 0 bridgehead atoms. The molecule has 0 aliphatic rings. The zero-order chi connectivity index (χ0) is 23.9. The van der Waals surface area contributed by atoms with Crippen molar-refractivity contribution in [2.24, 2.45) is 7.05 Å². The number of nitrogens with zero attached hydrogens (tertiary/aromatic N) is 3. The maximum Gasteiger partial charge on any atom is 0.416 e. The van der Waals surface area contributed by atoms with Gasteiger partial charge in [-0.05, 0) is 73.4 Å². The molecule has 33 heavy (non-hydrogen) atoms. The fourth-order valence-corrected chi connectivity index (χ4v) is 3.84. The molecule has 5 nitrogen and oxygen atoms in total. The lowest BCUT2D eigenvalue weighted by molar-refractivity contribution is -0.137. The summed E-state index contributed by atoms with van der Waals surface area (Å²) in [6, 6.07) is 12.0. The van der Waals surface area contributed by atoms with Crippen molar-refractivity contribution in [3.63, 3.8) is 0 Å². The summed E-state index contributed by atoms with van der Waals surface area (Å²) in [6.45, 7) is 5.53. The minimum absolute atomic E-state index is 0.103. The zero-order valence-corrected chi connectivity index (χ0v) is 18.7. The van der Waals surface area contributed by atoms with Crippen molar-refractivity contribution >= 4 is 16.7 Å². The molecule has 0 saturated carbocycles. The summed E-state index contributed by atoms with van der Waals surface area (Å²) in [5.74, 6) is 1.09. The van der Waals surface area contributed by atoms with E-state index in [2.05, 4.69) is 15.3 Å². The molecular formula is C25H23F3N4O. The molecule has 0 saturated heterocycles. The molecule has 0 fully saturated rings. The summed E-state index contributed by atoms with van der Waals surface area (Å²) in [6.07, 6.45) is -2.64.